The van der Waals surface area contributed by atoms with Crippen molar-refractivity contribution < 1.29 is 13.9 Å². The summed E-state index contributed by atoms with van der Waals surface area (Å²) < 4.78 is 20.1. The average Bonchev–Trinajstić information content (AvgIpc) is 3.03. The van der Waals surface area contributed by atoms with E-state index in [1.165, 1.54) is 24.2 Å². The van der Waals surface area contributed by atoms with Crippen LogP contribution >= 0.6 is 11.6 Å². The summed E-state index contributed by atoms with van der Waals surface area (Å²) in [4.78, 5) is 34.9. The van der Waals surface area contributed by atoms with Crippen molar-refractivity contribution in [1.82, 2.24) is 24.8 Å². The fraction of sp³-hybridized carbons (Fsp3) is 0.500. The Kier molecular flexibility index (Phi) is 9.57. The molecule has 1 aliphatic carbocycles. The Bertz CT molecular complexity index is 1650. The molecule has 1 amide bonds. The highest BCUT2D eigenvalue weighted by Gasteiger charge is 2.35. The molecule has 0 spiro atoms. The van der Waals surface area contributed by atoms with Crippen molar-refractivity contribution in [3.63, 3.8) is 0 Å². The number of likely N-dealkylation sites (N-methyl/N-ethyl adjacent to an activating group) is 1. The van der Waals surface area contributed by atoms with Gasteiger partial charge >= 0.3 is 6.01 Å². The van der Waals surface area contributed by atoms with E-state index >= 15 is 0 Å². The van der Waals surface area contributed by atoms with Gasteiger partial charge in [-0.3, -0.25) is 9.78 Å². The average molecular weight is 647 g/mol. The van der Waals surface area contributed by atoms with E-state index in [9.17, 15) is 14.4 Å². The van der Waals surface area contributed by atoms with Crippen molar-refractivity contribution in [2.24, 2.45) is 5.92 Å². The van der Waals surface area contributed by atoms with Crippen LogP contribution in [0.2, 0.25) is 5.02 Å². The van der Waals surface area contributed by atoms with Crippen LogP contribution in [0.3, 0.4) is 0 Å². The van der Waals surface area contributed by atoms with Crippen LogP contribution in [0.15, 0.2) is 43.0 Å². The number of anilines is 2. The van der Waals surface area contributed by atoms with Crippen molar-refractivity contribution in [3.8, 4) is 12.1 Å². The van der Waals surface area contributed by atoms with Gasteiger partial charge in [0.05, 0.1) is 47.7 Å². The minimum atomic E-state index is -1.02. The van der Waals surface area contributed by atoms with E-state index in [4.69, 9.17) is 26.3 Å². The summed E-state index contributed by atoms with van der Waals surface area (Å²) >= 11 is 6.67. The lowest BCUT2D eigenvalue weighted by molar-refractivity contribution is -0.131. The van der Waals surface area contributed by atoms with E-state index in [1.54, 1.807) is 0 Å². The summed E-state index contributed by atoms with van der Waals surface area (Å²) in [5.41, 5.74) is 2.79. The Labute approximate surface area is 274 Å². The number of halogens is 2. The van der Waals surface area contributed by atoms with Gasteiger partial charge in [-0.2, -0.15) is 15.2 Å². The van der Waals surface area contributed by atoms with E-state index < -0.39 is 17.8 Å². The third-order valence-corrected chi connectivity index (χ3v) is 10.2. The summed E-state index contributed by atoms with van der Waals surface area (Å²) in [5, 5.41) is 12.1. The number of ether oxygens (including phenoxy) is 1. The fourth-order valence-electron chi connectivity index (χ4n) is 6.85. The second kappa shape index (κ2) is 13.8. The van der Waals surface area contributed by atoms with E-state index in [1.807, 2.05) is 30.6 Å². The molecule has 10 nitrogen and oxygen atoms in total. The van der Waals surface area contributed by atoms with Gasteiger partial charge in [-0.1, -0.05) is 36.7 Å². The second-order valence-electron chi connectivity index (χ2n) is 12.5. The number of carbonyl (C=O) groups is 1. The maximum absolute atomic E-state index is 13.8. The molecule has 1 saturated carbocycles. The normalized spacial score (nSPS) is 19.0. The number of aromatic nitrogens is 3. The standard InChI is InChI=1S/C34H40ClFN8O2/c1-22(36)33(45)44-15-14-43(20-26(44)10-12-37)32-27-11-13-42(30-19-38-18-25-8-5-9-28(35)31(25)30)21-29(27)39-34(40-32)46-17-16-41(3)23(2)24-6-4-7-24/h5,8-9,18-19,23-24,26H,1,4,6-7,10-11,13-17,20-21H2,2-3H3/t23-,26-/m0/s1. The lowest BCUT2D eigenvalue weighted by Gasteiger charge is -2.42. The summed E-state index contributed by atoms with van der Waals surface area (Å²) in [5.74, 6) is -0.321. The van der Waals surface area contributed by atoms with Gasteiger partial charge < -0.3 is 24.3 Å². The van der Waals surface area contributed by atoms with Crippen molar-refractivity contribution in [3.05, 3.63) is 59.3 Å². The molecule has 0 bridgehead atoms. The number of rotatable bonds is 10. The van der Waals surface area contributed by atoms with E-state index in [0.717, 1.165) is 46.0 Å². The van der Waals surface area contributed by atoms with E-state index in [-0.39, 0.29) is 13.0 Å². The highest BCUT2D eigenvalue weighted by Crippen LogP contribution is 2.37. The predicted molar refractivity (Wildman–Crippen MR) is 177 cm³/mol. The SMILES string of the molecule is C=C(F)C(=O)N1CCN(c2nc(OCCN(C)[C@@H](C)C3CCC3)nc3c2CCN(c2cncc4cccc(Cl)c24)C3)C[C@@H]1CC#N. The molecule has 1 aromatic carbocycles. The molecule has 1 saturated heterocycles. The lowest BCUT2D eigenvalue weighted by atomic mass is 9.80. The van der Waals surface area contributed by atoms with Gasteiger partial charge in [0.25, 0.3) is 5.91 Å². The van der Waals surface area contributed by atoms with Crippen molar-refractivity contribution in [2.45, 2.75) is 57.7 Å². The molecular weight excluding hydrogens is 607 g/mol. The molecule has 6 rings (SSSR count). The van der Waals surface area contributed by atoms with Crippen LogP contribution in [-0.4, -0.2) is 89.1 Å². The van der Waals surface area contributed by atoms with Crippen LogP contribution in [-0.2, 0) is 17.8 Å². The topological polar surface area (TPSA) is 102 Å². The predicted octanol–water partition coefficient (Wildman–Crippen LogP) is 5.15. The second-order valence-corrected chi connectivity index (χ2v) is 13.0. The summed E-state index contributed by atoms with van der Waals surface area (Å²) in [6, 6.07) is 8.25. The number of benzene rings is 1. The Morgan fingerprint density at radius 2 is 2.07 bits per heavy atom. The molecule has 4 heterocycles. The molecular formula is C34H40ClFN8O2. The maximum atomic E-state index is 13.8. The van der Waals surface area contributed by atoms with Crippen LogP contribution < -0.4 is 14.5 Å². The smallest absolute Gasteiger partial charge is 0.318 e. The van der Waals surface area contributed by atoms with Crippen LogP contribution in [0.5, 0.6) is 6.01 Å². The minimum absolute atomic E-state index is 0.0697. The number of hydrogen-bond acceptors (Lipinski definition) is 9. The number of amides is 1. The van der Waals surface area contributed by atoms with Crippen LogP contribution in [0.1, 0.15) is 43.9 Å². The van der Waals surface area contributed by atoms with Gasteiger partial charge in [0, 0.05) is 61.3 Å². The quantitative estimate of drug-likeness (QED) is 0.277. The number of nitriles is 1. The zero-order valence-corrected chi connectivity index (χ0v) is 27.2. The van der Waals surface area contributed by atoms with Gasteiger partial charge in [-0.25, -0.2) is 4.39 Å². The Morgan fingerprint density at radius 3 is 2.80 bits per heavy atom. The molecule has 242 valence electrons. The zero-order valence-electron chi connectivity index (χ0n) is 26.5. The van der Waals surface area contributed by atoms with Crippen LogP contribution in [0, 0.1) is 17.2 Å². The molecule has 2 fully saturated rings. The van der Waals surface area contributed by atoms with Crippen molar-refractivity contribution >= 4 is 39.8 Å². The number of fused-ring (bicyclic) bond motifs is 2. The molecule has 3 aliphatic rings. The molecule has 2 atom stereocenters. The maximum Gasteiger partial charge on any atom is 0.318 e. The zero-order chi connectivity index (χ0) is 32.4. The van der Waals surface area contributed by atoms with Gasteiger partial charge in [0.15, 0.2) is 5.83 Å². The summed E-state index contributed by atoms with van der Waals surface area (Å²) in [6.45, 7) is 8.87. The number of hydrogen-bond donors (Lipinski definition) is 0. The van der Waals surface area contributed by atoms with Gasteiger partial charge in [-0.05, 0) is 45.2 Å². The third-order valence-electron chi connectivity index (χ3n) is 9.88. The number of nitrogens with zero attached hydrogens (tertiary/aromatic N) is 8. The fourth-order valence-corrected chi connectivity index (χ4v) is 7.13. The van der Waals surface area contributed by atoms with Crippen molar-refractivity contribution in [2.75, 3.05) is 56.2 Å². The molecule has 2 aromatic heterocycles. The molecule has 2 aliphatic heterocycles. The lowest BCUT2D eigenvalue weighted by Crippen LogP contribution is -2.55. The highest BCUT2D eigenvalue weighted by atomic mass is 35.5. The monoisotopic (exact) mass is 646 g/mol. The van der Waals surface area contributed by atoms with Crippen LogP contribution in [0.25, 0.3) is 10.8 Å². The first-order chi connectivity index (χ1) is 22.2. The number of carbonyl (C=O) groups excluding carboxylic acids is 1. The van der Waals surface area contributed by atoms with Gasteiger partial charge in [0.1, 0.15) is 12.4 Å². The van der Waals surface area contributed by atoms with Crippen LogP contribution in [0.4, 0.5) is 15.9 Å². The number of pyridine rings is 1. The number of piperazine rings is 1. The van der Waals surface area contributed by atoms with Gasteiger partial charge in [0.2, 0.25) is 0 Å². The van der Waals surface area contributed by atoms with Crippen molar-refractivity contribution in [1.29, 1.82) is 5.26 Å². The Balaban J connectivity index is 1.29. The third kappa shape index (κ3) is 6.46. The van der Waals surface area contributed by atoms with E-state index in [0.29, 0.717) is 56.3 Å². The van der Waals surface area contributed by atoms with E-state index in [2.05, 4.69) is 46.3 Å². The summed E-state index contributed by atoms with van der Waals surface area (Å²) in [6.07, 6.45) is 8.27. The molecule has 0 N–H and O–H groups in total. The summed E-state index contributed by atoms with van der Waals surface area (Å²) in [7, 11) is 2.13. The Morgan fingerprint density at radius 1 is 1.24 bits per heavy atom. The molecule has 46 heavy (non-hydrogen) atoms. The Hall–Kier alpha value is -4.01. The largest absolute Gasteiger partial charge is 0.462 e. The first-order valence-electron chi connectivity index (χ1n) is 16.0. The first-order valence-corrected chi connectivity index (χ1v) is 16.4. The highest BCUT2D eigenvalue weighted by molar-refractivity contribution is 6.36. The molecule has 0 radical (unpaired) electrons. The first kappa shape index (κ1) is 32.0. The minimum Gasteiger partial charge on any atom is -0.462 e. The molecule has 12 heteroatoms. The molecule has 3 aromatic rings. The molecule has 0 unspecified atom stereocenters. The van der Waals surface area contributed by atoms with Gasteiger partial charge in [-0.15, -0.1) is 0 Å².